The molecular formula is C20H22ClN3O3. The molecule has 0 aliphatic carbocycles. The van der Waals surface area contributed by atoms with Gasteiger partial charge in [-0.1, -0.05) is 29.8 Å². The van der Waals surface area contributed by atoms with Crippen molar-refractivity contribution >= 4 is 23.4 Å². The van der Waals surface area contributed by atoms with Crippen molar-refractivity contribution in [1.29, 1.82) is 0 Å². The van der Waals surface area contributed by atoms with Gasteiger partial charge in [0.15, 0.2) is 0 Å². The number of halogens is 1. The molecule has 27 heavy (non-hydrogen) atoms. The van der Waals surface area contributed by atoms with Crippen LogP contribution >= 0.6 is 11.6 Å². The highest BCUT2D eigenvalue weighted by atomic mass is 35.5. The van der Waals surface area contributed by atoms with Crippen LogP contribution in [0.3, 0.4) is 0 Å². The lowest BCUT2D eigenvalue weighted by Gasteiger charge is -2.41. The summed E-state index contributed by atoms with van der Waals surface area (Å²) in [4.78, 5) is 30.0. The molecule has 1 aliphatic heterocycles. The molecule has 2 N–H and O–H groups in total. The molecule has 0 spiro atoms. The molecule has 7 heteroatoms. The summed E-state index contributed by atoms with van der Waals surface area (Å²) >= 11 is 6.04. The summed E-state index contributed by atoms with van der Waals surface area (Å²) < 4.78 is 5.91. The van der Waals surface area contributed by atoms with E-state index in [1.54, 1.807) is 23.2 Å². The molecule has 2 amide bonds. The van der Waals surface area contributed by atoms with Crippen LogP contribution in [-0.4, -0.2) is 41.4 Å². The maximum atomic E-state index is 12.7. The van der Waals surface area contributed by atoms with Crippen molar-refractivity contribution in [2.45, 2.75) is 19.3 Å². The average Bonchev–Trinajstić information content (AvgIpc) is 2.67. The molecule has 1 aromatic heterocycles. The summed E-state index contributed by atoms with van der Waals surface area (Å²) in [6, 6.07) is 12.8. The van der Waals surface area contributed by atoms with E-state index in [0.717, 1.165) is 5.75 Å². The number of pyridine rings is 1. The highest BCUT2D eigenvalue weighted by Gasteiger charge is 2.38. The van der Waals surface area contributed by atoms with Crippen LogP contribution in [0.5, 0.6) is 5.75 Å². The second-order valence-corrected chi connectivity index (χ2v) is 7.24. The Kier molecular flexibility index (Phi) is 5.96. The minimum absolute atomic E-state index is 0.148. The Morgan fingerprint density at radius 2 is 1.85 bits per heavy atom. The topological polar surface area (TPSA) is 85.5 Å². The fraction of sp³-hybridized carbons (Fsp3) is 0.350. The highest BCUT2D eigenvalue weighted by Crippen LogP contribution is 2.36. The third kappa shape index (κ3) is 4.77. The maximum absolute atomic E-state index is 12.7. The van der Waals surface area contributed by atoms with Crippen molar-refractivity contribution in [1.82, 2.24) is 9.88 Å². The van der Waals surface area contributed by atoms with Gasteiger partial charge in [0.2, 0.25) is 5.91 Å². The average molecular weight is 388 g/mol. The zero-order chi connectivity index (χ0) is 19.3. The van der Waals surface area contributed by atoms with Crippen LogP contribution in [0.4, 0.5) is 0 Å². The molecule has 1 aliphatic rings. The van der Waals surface area contributed by atoms with Crippen LogP contribution in [0.2, 0.25) is 5.15 Å². The van der Waals surface area contributed by atoms with E-state index in [4.69, 9.17) is 22.1 Å². The molecule has 1 fully saturated rings. The first kappa shape index (κ1) is 19.2. The normalized spacial score (nSPS) is 16.0. The van der Waals surface area contributed by atoms with Crippen LogP contribution < -0.4 is 10.5 Å². The molecule has 2 aromatic rings. The number of likely N-dealkylation sites (tertiary alicyclic amines) is 1. The van der Waals surface area contributed by atoms with Gasteiger partial charge in [-0.2, -0.15) is 0 Å². The third-order valence-corrected chi connectivity index (χ3v) is 5.24. The van der Waals surface area contributed by atoms with E-state index in [1.807, 2.05) is 30.3 Å². The van der Waals surface area contributed by atoms with Gasteiger partial charge in [0.1, 0.15) is 10.9 Å². The molecule has 3 rings (SSSR count). The third-order valence-electron chi connectivity index (χ3n) is 4.94. The van der Waals surface area contributed by atoms with E-state index in [9.17, 15) is 9.59 Å². The summed E-state index contributed by atoms with van der Waals surface area (Å²) in [5.41, 5.74) is 5.50. The number of carbonyl (C=O) groups excluding carboxylic acids is 2. The fourth-order valence-corrected chi connectivity index (χ4v) is 3.60. The number of nitrogens with zero attached hydrogens (tertiary/aromatic N) is 2. The van der Waals surface area contributed by atoms with E-state index in [-0.39, 0.29) is 28.8 Å². The number of para-hydroxylation sites is 1. The number of hydrogen-bond donors (Lipinski definition) is 1. The van der Waals surface area contributed by atoms with E-state index in [1.165, 1.54) is 0 Å². The summed E-state index contributed by atoms with van der Waals surface area (Å²) in [7, 11) is 0. The molecule has 0 saturated carbocycles. The molecule has 1 aromatic carbocycles. The van der Waals surface area contributed by atoms with Crippen molar-refractivity contribution in [2.75, 3.05) is 19.7 Å². The predicted molar refractivity (Wildman–Crippen MR) is 103 cm³/mol. The van der Waals surface area contributed by atoms with E-state index in [0.29, 0.717) is 38.1 Å². The molecule has 0 unspecified atom stereocenters. The monoisotopic (exact) mass is 387 g/mol. The number of nitrogens with two attached hydrogens (primary N) is 1. The highest BCUT2D eigenvalue weighted by molar-refractivity contribution is 6.32. The Hall–Kier alpha value is -2.60. The molecule has 0 radical (unpaired) electrons. The fourth-order valence-electron chi connectivity index (χ4n) is 3.39. The van der Waals surface area contributed by atoms with E-state index in [2.05, 4.69) is 4.98 Å². The van der Waals surface area contributed by atoms with Crippen LogP contribution in [0.15, 0.2) is 48.7 Å². The summed E-state index contributed by atoms with van der Waals surface area (Å²) in [5, 5.41) is 0.198. The minimum atomic E-state index is -0.378. The number of ether oxygens (including phenoxy) is 1. The summed E-state index contributed by atoms with van der Waals surface area (Å²) in [5.74, 6) is 0.244. The number of carbonyl (C=O) groups is 2. The second-order valence-electron chi connectivity index (χ2n) is 6.88. The first-order valence-electron chi connectivity index (χ1n) is 8.85. The lowest BCUT2D eigenvalue weighted by Crippen LogP contribution is -2.47. The Balaban J connectivity index is 1.67. The van der Waals surface area contributed by atoms with Gasteiger partial charge >= 0.3 is 0 Å². The van der Waals surface area contributed by atoms with Gasteiger partial charge in [-0.15, -0.1) is 0 Å². The number of piperidine rings is 1. The standard InChI is InChI=1S/C20H22ClN3O3/c21-18-16(7-4-10-23-18)19(26)24-11-8-20(9-12-24,13-17(22)25)14-27-15-5-2-1-3-6-15/h1-7,10H,8-9,11-14H2,(H2,22,25). The summed E-state index contributed by atoms with van der Waals surface area (Å²) in [6.45, 7) is 1.40. The predicted octanol–water partition coefficient (Wildman–Crippen LogP) is 2.91. The molecule has 2 heterocycles. The zero-order valence-electron chi connectivity index (χ0n) is 14.9. The molecular weight excluding hydrogens is 366 g/mol. The van der Waals surface area contributed by atoms with Crippen LogP contribution in [0, 0.1) is 5.41 Å². The Morgan fingerprint density at radius 3 is 2.48 bits per heavy atom. The van der Waals surface area contributed by atoms with Crippen LogP contribution in [0.1, 0.15) is 29.6 Å². The number of amides is 2. The SMILES string of the molecule is NC(=O)CC1(COc2ccccc2)CCN(C(=O)c2cccnc2Cl)CC1. The smallest absolute Gasteiger partial charge is 0.256 e. The Morgan fingerprint density at radius 1 is 1.15 bits per heavy atom. The lowest BCUT2D eigenvalue weighted by atomic mass is 9.76. The van der Waals surface area contributed by atoms with Crippen molar-refractivity contribution in [3.8, 4) is 5.75 Å². The van der Waals surface area contributed by atoms with Crippen molar-refractivity contribution in [3.63, 3.8) is 0 Å². The molecule has 0 atom stereocenters. The molecule has 142 valence electrons. The van der Waals surface area contributed by atoms with Gasteiger partial charge in [0, 0.05) is 31.1 Å². The molecule has 0 bridgehead atoms. The van der Waals surface area contributed by atoms with Crippen molar-refractivity contribution in [2.24, 2.45) is 11.1 Å². The van der Waals surface area contributed by atoms with Crippen LogP contribution in [0.25, 0.3) is 0 Å². The van der Waals surface area contributed by atoms with E-state index < -0.39 is 0 Å². The lowest BCUT2D eigenvalue weighted by molar-refractivity contribution is -0.121. The maximum Gasteiger partial charge on any atom is 0.256 e. The van der Waals surface area contributed by atoms with E-state index >= 15 is 0 Å². The Bertz CT molecular complexity index is 805. The minimum Gasteiger partial charge on any atom is -0.493 e. The summed E-state index contributed by atoms with van der Waals surface area (Å²) in [6.07, 6.45) is 3.04. The number of aromatic nitrogens is 1. The van der Waals surface area contributed by atoms with Gasteiger partial charge in [-0.25, -0.2) is 4.98 Å². The van der Waals surface area contributed by atoms with Gasteiger partial charge in [-0.3, -0.25) is 9.59 Å². The molecule has 6 nitrogen and oxygen atoms in total. The number of hydrogen-bond acceptors (Lipinski definition) is 4. The van der Waals surface area contributed by atoms with Crippen molar-refractivity contribution < 1.29 is 14.3 Å². The van der Waals surface area contributed by atoms with Gasteiger partial charge in [0.05, 0.1) is 12.2 Å². The van der Waals surface area contributed by atoms with Gasteiger partial charge < -0.3 is 15.4 Å². The van der Waals surface area contributed by atoms with Crippen molar-refractivity contribution in [3.05, 3.63) is 59.4 Å². The first-order chi connectivity index (χ1) is 13.0. The Labute approximate surface area is 163 Å². The van der Waals surface area contributed by atoms with Gasteiger partial charge in [0.25, 0.3) is 5.91 Å². The zero-order valence-corrected chi connectivity index (χ0v) is 15.7. The molecule has 1 saturated heterocycles. The number of benzene rings is 1. The van der Waals surface area contributed by atoms with Crippen LogP contribution in [-0.2, 0) is 4.79 Å². The number of rotatable bonds is 6. The quantitative estimate of drug-likeness (QED) is 0.772. The number of primary amides is 1. The van der Waals surface area contributed by atoms with Gasteiger partial charge in [-0.05, 0) is 37.1 Å². The second kappa shape index (κ2) is 8.39. The largest absolute Gasteiger partial charge is 0.493 e. The first-order valence-corrected chi connectivity index (χ1v) is 9.23.